The maximum absolute atomic E-state index is 2.44. The highest BCUT2D eigenvalue weighted by atomic mass is 14.9. The van der Waals surface area contributed by atoms with Crippen molar-refractivity contribution in [3.05, 3.63) is 119 Å². The van der Waals surface area contributed by atoms with Gasteiger partial charge in [-0.2, -0.15) is 0 Å². The molecular weight excluding hydrogens is 436 g/mol. The first kappa shape index (κ1) is 19.9. The van der Waals surface area contributed by atoms with Gasteiger partial charge in [-0.05, 0) is 88.7 Å². The summed E-state index contributed by atoms with van der Waals surface area (Å²) >= 11 is 0. The Kier molecular flexibility index (Phi) is 3.94. The Bertz CT molecular complexity index is 2020. The van der Waals surface area contributed by atoms with E-state index in [2.05, 4.69) is 120 Å². The first-order chi connectivity index (χ1) is 17.7. The molecule has 172 valence electrons. The van der Waals surface area contributed by atoms with Crippen LogP contribution in [-0.4, -0.2) is 9.13 Å². The van der Waals surface area contributed by atoms with Crippen LogP contribution < -0.4 is 0 Å². The van der Waals surface area contributed by atoms with Crippen LogP contribution in [0.1, 0.15) is 22.3 Å². The lowest BCUT2D eigenvalue weighted by atomic mass is 9.99. The van der Waals surface area contributed by atoms with E-state index in [-0.39, 0.29) is 0 Å². The molecule has 2 heteroatoms. The first-order valence-electron chi connectivity index (χ1n) is 12.7. The molecule has 0 spiro atoms. The van der Waals surface area contributed by atoms with Crippen LogP contribution in [0.3, 0.4) is 0 Å². The minimum absolute atomic E-state index is 0.932. The number of hydrogen-bond acceptors (Lipinski definition) is 0. The summed E-state index contributed by atoms with van der Waals surface area (Å²) in [7, 11) is 4.36. The van der Waals surface area contributed by atoms with Crippen molar-refractivity contribution in [2.45, 2.75) is 12.8 Å². The quantitative estimate of drug-likeness (QED) is 0.245. The Morgan fingerprint density at radius 2 is 1.11 bits per heavy atom. The van der Waals surface area contributed by atoms with Crippen molar-refractivity contribution < 1.29 is 0 Å². The normalized spacial score (nSPS) is 12.7. The fourth-order valence-electron chi connectivity index (χ4n) is 6.56. The van der Waals surface area contributed by atoms with Gasteiger partial charge in [0.25, 0.3) is 0 Å². The standard InChI is InChI=1S/C34H26N2/c1-35-31-10-6-5-9-26(31)28-16-21(11-13-32(28)35)15-22-12-14-33-29(17-22)30-19-24-18-23-7-3-4-8-25(23)27(24)20-34(30)36(33)2/h3-14,16-17,19-20H,15,18H2,1-2H3. The molecule has 0 N–H and O–H groups in total. The molecular formula is C34H26N2. The average Bonchev–Trinajstić information content (AvgIpc) is 3.51. The molecule has 7 aromatic rings. The first-order valence-corrected chi connectivity index (χ1v) is 12.7. The topological polar surface area (TPSA) is 9.86 Å². The Hall–Kier alpha value is -4.30. The van der Waals surface area contributed by atoms with Gasteiger partial charge in [-0.25, -0.2) is 0 Å². The SMILES string of the molecule is Cn1c2ccccc2c2cc(Cc3ccc4c(c3)c3cc5c(cc3n4C)-c3ccccc3C5)ccc21. The zero-order valence-electron chi connectivity index (χ0n) is 20.5. The molecule has 0 atom stereocenters. The molecule has 1 aliphatic carbocycles. The van der Waals surface area contributed by atoms with Crippen LogP contribution in [0.4, 0.5) is 0 Å². The van der Waals surface area contributed by atoms with Gasteiger partial charge in [-0.15, -0.1) is 0 Å². The number of rotatable bonds is 2. The van der Waals surface area contributed by atoms with Crippen LogP contribution in [0, 0.1) is 0 Å². The number of benzene rings is 5. The molecule has 1 aliphatic rings. The summed E-state index contributed by atoms with van der Waals surface area (Å²) in [4.78, 5) is 0. The van der Waals surface area contributed by atoms with Crippen LogP contribution in [0.25, 0.3) is 54.7 Å². The van der Waals surface area contributed by atoms with E-state index in [0.717, 1.165) is 12.8 Å². The number of para-hydroxylation sites is 1. The summed E-state index contributed by atoms with van der Waals surface area (Å²) in [5.41, 5.74) is 13.6. The van der Waals surface area contributed by atoms with Crippen LogP contribution in [-0.2, 0) is 26.9 Å². The molecule has 0 aliphatic heterocycles. The van der Waals surface area contributed by atoms with Crippen LogP contribution in [0.15, 0.2) is 97.1 Å². The zero-order valence-corrected chi connectivity index (χ0v) is 20.5. The van der Waals surface area contributed by atoms with Gasteiger partial charge in [-0.3, -0.25) is 0 Å². The molecule has 2 nitrogen and oxygen atoms in total. The Morgan fingerprint density at radius 1 is 0.500 bits per heavy atom. The predicted molar refractivity (Wildman–Crippen MR) is 152 cm³/mol. The molecule has 0 saturated heterocycles. The van der Waals surface area contributed by atoms with Crippen molar-refractivity contribution in [1.82, 2.24) is 9.13 Å². The summed E-state index contributed by atoms with van der Waals surface area (Å²) < 4.78 is 4.66. The molecule has 0 saturated carbocycles. The summed E-state index contributed by atoms with van der Waals surface area (Å²) in [5.74, 6) is 0. The minimum atomic E-state index is 0.932. The highest BCUT2D eigenvalue weighted by Gasteiger charge is 2.21. The van der Waals surface area contributed by atoms with E-state index in [9.17, 15) is 0 Å². The van der Waals surface area contributed by atoms with E-state index >= 15 is 0 Å². The third-order valence-corrected chi connectivity index (χ3v) is 8.37. The van der Waals surface area contributed by atoms with Crippen molar-refractivity contribution in [2.75, 3.05) is 0 Å². The number of nitrogens with zero attached hydrogens (tertiary/aromatic N) is 2. The maximum Gasteiger partial charge on any atom is 0.0495 e. The van der Waals surface area contributed by atoms with E-state index in [1.807, 2.05) is 0 Å². The van der Waals surface area contributed by atoms with Gasteiger partial charge in [0.15, 0.2) is 0 Å². The van der Waals surface area contributed by atoms with Gasteiger partial charge in [0.1, 0.15) is 0 Å². The van der Waals surface area contributed by atoms with Crippen LogP contribution in [0.2, 0.25) is 0 Å². The molecule has 0 bridgehead atoms. The molecule has 0 amide bonds. The zero-order chi connectivity index (χ0) is 24.0. The fourth-order valence-corrected chi connectivity index (χ4v) is 6.56. The van der Waals surface area contributed by atoms with Gasteiger partial charge in [0.05, 0.1) is 0 Å². The second-order valence-electron chi connectivity index (χ2n) is 10.4. The smallest absolute Gasteiger partial charge is 0.0495 e. The average molecular weight is 463 g/mol. The summed E-state index contributed by atoms with van der Waals surface area (Å²) in [6.07, 6.45) is 1.96. The predicted octanol–water partition coefficient (Wildman–Crippen LogP) is 8.14. The van der Waals surface area contributed by atoms with E-state index in [1.165, 1.54) is 77.0 Å². The third-order valence-electron chi connectivity index (χ3n) is 8.37. The van der Waals surface area contributed by atoms with Crippen molar-refractivity contribution >= 4 is 43.6 Å². The summed E-state index contributed by atoms with van der Waals surface area (Å²) in [6.45, 7) is 0. The van der Waals surface area contributed by atoms with Gasteiger partial charge in [0.2, 0.25) is 0 Å². The number of aryl methyl sites for hydroxylation is 2. The van der Waals surface area contributed by atoms with E-state index in [1.54, 1.807) is 0 Å². The Balaban J connectivity index is 1.25. The maximum atomic E-state index is 2.44. The van der Waals surface area contributed by atoms with E-state index < -0.39 is 0 Å². The van der Waals surface area contributed by atoms with E-state index in [4.69, 9.17) is 0 Å². The molecule has 2 aromatic heterocycles. The van der Waals surface area contributed by atoms with Crippen LogP contribution in [0.5, 0.6) is 0 Å². The van der Waals surface area contributed by atoms with E-state index in [0.29, 0.717) is 0 Å². The van der Waals surface area contributed by atoms with Gasteiger partial charge in [0, 0.05) is 57.7 Å². The van der Waals surface area contributed by atoms with Crippen LogP contribution >= 0.6 is 0 Å². The third kappa shape index (κ3) is 2.67. The largest absolute Gasteiger partial charge is 0.344 e. The lowest BCUT2D eigenvalue weighted by Crippen LogP contribution is -1.91. The number of hydrogen-bond donors (Lipinski definition) is 0. The summed E-state index contributed by atoms with van der Waals surface area (Å²) in [6, 6.07) is 36.4. The second-order valence-corrected chi connectivity index (χ2v) is 10.4. The molecule has 5 aromatic carbocycles. The summed E-state index contributed by atoms with van der Waals surface area (Å²) in [5, 5.41) is 5.39. The fraction of sp³-hybridized carbons (Fsp3) is 0.118. The highest BCUT2D eigenvalue weighted by Crippen LogP contribution is 2.41. The monoisotopic (exact) mass is 462 g/mol. The number of fused-ring (bicyclic) bond motifs is 9. The second kappa shape index (κ2) is 7.11. The Morgan fingerprint density at radius 3 is 1.92 bits per heavy atom. The van der Waals surface area contributed by atoms with Gasteiger partial charge in [-0.1, -0.05) is 54.6 Å². The van der Waals surface area contributed by atoms with Crippen molar-refractivity contribution in [3.63, 3.8) is 0 Å². The highest BCUT2D eigenvalue weighted by molar-refractivity contribution is 6.10. The van der Waals surface area contributed by atoms with Crippen molar-refractivity contribution in [3.8, 4) is 11.1 Å². The molecule has 8 rings (SSSR count). The molecule has 0 unspecified atom stereocenters. The molecule has 0 fully saturated rings. The number of aromatic nitrogens is 2. The lowest BCUT2D eigenvalue weighted by Gasteiger charge is -2.05. The van der Waals surface area contributed by atoms with Gasteiger partial charge < -0.3 is 9.13 Å². The molecule has 0 radical (unpaired) electrons. The Labute approximate surface area is 210 Å². The molecule has 2 heterocycles. The lowest BCUT2D eigenvalue weighted by molar-refractivity contribution is 1.01. The van der Waals surface area contributed by atoms with Crippen molar-refractivity contribution in [2.24, 2.45) is 14.1 Å². The minimum Gasteiger partial charge on any atom is -0.344 e. The molecule has 36 heavy (non-hydrogen) atoms. The van der Waals surface area contributed by atoms with Crippen molar-refractivity contribution in [1.29, 1.82) is 0 Å². The van der Waals surface area contributed by atoms with Gasteiger partial charge >= 0.3 is 0 Å².